The van der Waals surface area contributed by atoms with Gasteiger partial charge in [-0.25, -0.2) is 13.8 Å². The van der Waals surface area contributed by atoms with Crippen molar-refractivity contribution < 1.29 is 37.8 Å². The summed E-state index contributed by atoms with van der Waals surface area (Å²) in [6, 6.07) is 6.98. The number of benzene rings is 2. The molecule has 0 spiro atoms. The summed E-state index contributed by atoms with van der Waals surface area (Å²) in [6.45, 7) is 3.17. The van der Waals surface area contributed by atoms with Crippen LogP contribution in [0.1, 0.15) is 31.1 Å². The van der Waals surface area contributed by atoms with Crippen molar-refractivity contribution in [2.24, 2.45) is 7.05 Å². The zero-order valence-electron chi connectivity index (χ0n) is 22.4. The van der Waals surface area contributed by atoms with E-state index >= 15 is 0 Å². The van der Waals surface area contributed by atoms with E-state index in [1.54, 1.807) is 0 Å². The van der Waals surface area contributed by atoms with E-state index in [-0.39, 0.29) is 22.8 Å². The van der Waals surface area contributed by atoms with Gasteiger partial charge in [0.2, 0.25) is 5.75 Å². The number of anilines is 2. The summed E-state index contributed by atoms with van der Waals surface area (Å²) >= 11 is 0. The van der Waals surface area contributed by atoms with Gasteiger partial charge in [-0.1, -0.05) is 0 Å². The maximum atomic E-state index is 13.6. The van der Waals surface area contributed by atoms with Crippen LogP contribution in [-0.4, -0.2) is 47.0 Å². The standard InChI is InChI=1S/C26H25FN4O9/c1-13(32)38-19-11-16(12-20(39-14(2)33)22(19)40-15(3)34)23(35)28-21-24(29(4)5)31(26(37)30(6)25(21)36)18-9-7-17(27)8-10-18/h7-12H,1-6H3,(H,28,35). The van der Waals surface area contributed by atoms with Crippen molar-refractivity contribution in [3.05, 3.63) is 68.6 Å². The third kappa shape index (κ3) is 6.23. The average Bonchev–Trinajstić information content (AvgIpc) is 2.85. The third-order valence-corrected chi connectivity index (χ3v) is 5.22. The molecule has 1 heterocycles. The smallest absolute Gasteiger partial charge is 0.337 e. The van der Waals surface area contributed by atoms with Crippen molar-refractivity contribution in [1.82, 2.24) is 9.13 Å². The van der Waals surface area contributed by atoms with Gasteiger partial charge in [0.25, 0.3) is 11.5 Å². The topological polar surface area (TPSA) is 155 Å². The first-order valence-corrected chi connectivity index (χ1v) is 11.5. The quantitative estimate of drug-likeness (QED) is 0.336. The molecule has 0 radical (unpaired) electrons. The fraction of sp³-hybridized carbons (Fsp3) is 0.231. The lowest BCUT2D eigenvalue weighted by Crippen LogP contribution is -2.42. The largest absolute Gasteiger partial charge is 0.423 e. The van der Waals surface area contributed by atoms with Gasteiger partial charge in [0.1, 0.15) is 17.3 Å². The lowest BCUT2D eigenvalue weighted by Gasteiger charge is -2.23. The van der Waals surface area contributed by atoms with Crippen LogP contribution in [0.5, 0.6) is 17.2 Å². The summed E-state index contributed by atoms with van der Waals surface area (Å²) in [6.07, 6.45) is 0. The van der Waals surface area contributed by atoms with E-state index in [0.717, 1.165) is 54.2 Å². The Bertz CT molecular complexity index is 1600. The number of rotatable bonds is 7. The van der Waals surface area contributed by atoms with Crippen LogP contribution in [0.3, 0.4) is 0 Å². The first kappa shape index (κ1) is 29.3. The second-order valence-electron chi connectivity index (χ2n) is 8.59. The highest BCUT2D eigenvalue weighted by Crippen LogP contribution is 2.40. The van der Waals surface area contributed by atoms with Crippen molar-refractivity contribution in [3.8, 4) is 22.9 Å². The summed E-state index contributed by atoms with van der Waals surface area (Å²) in [5.41, 5.74) is -2.01. The molecule has 0 unspecified atom stereocenters. The molecule has 0 aliphatic rings. The number of nitrogens with one attached hydrogen (secondary N) is 1. The molecule has 0 fully saturated rings. The van der Waals surface area contributed by atoms with Gasteiger partial charge in [-0.05, 0) is 36.4 Å². The molecule has 0 aliphatic heterocycles. The Balaban J connectivity index is 2.24. The molecule has 1 aromatic heterocycles. The Morgan fingerprint density at radius 3 is 1.80 bits per heavy atom. The summed E-state index contributed by atoms with van der Waals surface area (Å²) in [7, 11) is 4.25. The fourth-order valence-electron chi connectivity index (χ4n) is 3.66. The molecule has 0 saturated carbocycles. The first-order valence-electron chi connectivity index (χ1n) is 11.5. The number of esters is 3. The molecule has 0 saturated heterocycles. The summed E-state index contributed by atoms with van der Waals surface area (Å²) in [5.74, 6) is -5.29. The van der Waals surface area contributed by atoms with E-state index in [9.17, 15) is 33.2 Å². The first-order chi connectivity index (χ1) is 18.7. The average molecular weight is 557 g/mol. The van der Waals surface area contributed by atoms with E-state index in [1.807, 2.05) is 0 Å². The van der Waals surface area contributed by atoms with Crippen LogP contribution in [0.25, 0.3) is 5.69 Å². The van der Waals surface area contributed by atoms with Crippen LogP contribution >= 0.6 is 0 Å². The van der Waals surface area contributed by atoms with Gasteiger partial charge in [-0.2, -0.15) is 0 Å². The molecule has 40 heavy (non-hydrogen) atoms. The molecular formula is C26H25FN4O9. The number of nitrogens with zero attached hydrogens (tertiary/aromatic N) is 3. The van der Waals surface area contributed by atoms with Gasteiger partial charge in [0.05, 0.1) is 5.69 Å². The molecule has 0 aliphatic carbocycles. The maximum Gasteiger partial charge on any atom is 0.337 e. The molecule has 0 atom stereocenters. The lowest BCUT2D eigenvalue weighted by atomic mass is 10.1. The number of ether oxygens (including phenoxy) is 3. The number of hydrogen-bond acceptors (Lipinski definition) is 10. The van der Waals surface area contributed by atoms with Crippen molar-refractivity contribution >= 4 is 35.3 Å². The monoisotopic (exact) mass is 556 g/mol. The van der Waals surface area contributed by atoms with Gasteiger partial charge >= 0.3 is 23.6 Å². The molecule has 14 heteroatoms. The van der Waals surface area contributed by atoms with Gasteiger partial charge < -0.3 is 24.4 Å². The molecular weight excluding hydrogens is 531 g/mol. The van der Waals surface area contributed by atoms with E-state index in [4.69, 9.17) is 14.2 Å². The van der Waals surface area contributed by atoms with Crippen LogP contribution in [0.2, 0.25) is 0 Å². The lowest BCUT2D eigenvalue weighted by molar-refractivity contribution is -0.135. The van der Waals surface area contributed by atoms with Gasteiger partial charge in [-0.15, -0.1) is 0 Å². The van der Waals surface area contributed by atoms with Crippen LogP contribution < -0.4 is 35.7 Å². The Morgan fingerprint density at radius 2 is 1.35 bits per heavy atom. The van der Waals surface area contributed by atoms with E-state index in [1.165, 1.54) is 38.2 Å². The van der Waals surface area contributed by atoms with Crippen molar-refractivity contribution in [2.45, 2.75) is 20.8 Å². The van der Waals surface area contributed by atoms with Gasteiger partial charge in [-0.3, -0.25) is 28.5 Å². The maximum absolute atomic E-state index is 13.6. The molecule has 3 rings (SSSR count). The number of amides is 1. The second-order valence-corrected chi connectivity index (χ2v) is 8.59. The molecule has 3 aromatic rings. The number of aromatic nitrogens is 2. The van der Waals surface area contributed by atoms with Crippen LogP contribution in [0, 0.1) is 5.82 Å². The predicted molar refractivity (Wildman–Crippen MR) is 140 cm³/mol. The second kappa shape index (κ2) is 11.6. The minimum absolute atomic E-state index is 0.0370. The highest BCUT2D eigenvalue weighted by molar-refractivity contribution is 6.06. The fourth-order valence-corrected chi connectivity index (χ4v) is 3.66. The third-order valence-electron chi connectivity index (χ3n) is 5.22. The Kier molecular flexibility index (Phi) is 8.52. The molecule has 210 valence electrons. The number of carbonyl (C=O) groups excluding carboxylic acids is 4. The number of hydrogen-bond donors (Lipinski definition) is 1. The van der Waals surface area contributed by atoms with Gasteiger partial charge in [0, 0.05) is 47.5 Å². The summed E-state index contributed by atoms with van der Waals surface area (Å²) in [4.78, 5) is 76.1. The van der Waals surface area contributed by atoms with Crippen LogP contribution in [0.4, 0.5) is 15.9 Å². The summed E-state index contributed by atoms with van der Waals surface area (Å²) < 4.78 is 30.6. The molecule has 1 N–H and O–H groups in total. The van der Waals surface area contributed by atoms with Crippen molar-refractivity contribution in [2.75, 3.05) is 24.3 Å². The molecule has 13 nitrogen and oxygen atoms in total. The SMILES string of the molecule is CC(=O)Oc1cc(C(=O)Nc2c(N(C)C)n(-c3ccc(F)cc3)c(=O)n(C)c2=O)cc(OC(C)=O)c1OC(C)=O. The Labute approximate surface area is 226 Å². The van der Waals surface area contributed by atoms with E-state index in [0.29, 0.717) is 0 Å². The Morgan fingerprint density at radius 1 is 0.850 bits per heavy atom. The normalized spacial score (nSPS) is 10.5. The minimum Gasteiger partial charge on any atom is -0.423 e. The number of halogens is 1. The Hall–Kier alpha value is -5.27. The highest BCUT2D eigenvalue weighted by atomic mass is 19.1. The molecule has 0 bridgehead atoms. The summed E-state index contributed by atoms with van der Waals surface area (Å²) in [5, 5.41) is 2.45. The minimum atomic E-state index is -0.944. The van der Waals surface area contributed by atoms with Gasteiger partial charge in [0.15, 0.2) is 11.5 Å². The molecule has 2 aromatic carbocycles. The highest BCUT2D eigenvalue weighted by Gasteiger charge is 2.26. The molecule has 1 amide bonds. The van der Waals surface area contributed by atoms with Crippen molar-refractivity contribution in [1.29, 1.82) is 0 Å². The zero-order chi connectivity index (χ0) is 29.9. The van der Waals surface area contributed by atoms with E-state index < -0.39 is 58.1 Å². The predicted octanol–water partition coefficient (Wildman–Crippen LogP) is 1.77. The van der Waals surface area contributed by atoms with Crippen LogP contribution in [0.15, 0.2) is 46.0 Å². The van der Waals surface area contributed by atoms with Crippen LogP contribution in [-0.2, 0) is 21.4 Å². The van der Waals surface area contributed by atoms with E-state index in [2.05, 4.69) is 5.32 Å². The number of carbonyl (C=O) groups is 4. The van der Waals surface area contributed by atoms with Crippen molar-refractivity contribution in [3.63, 3.8) is 0 Å². The zero-order valence-corrected chi connectivity index (χ0v) is 22.4.